The van der Waals surface area contributed by atoms with Crippen LogP contribution in [0, 0.1) is 23.7 Å². The van der Waals surface area contributed by atoms with Gasteiger partial charge in [-0.1, -0.05) is 27.7 Å². The van der Waals surface area contributed by atoms with Crippen LogP contribution in [-0.2, 0) is 0 Å². The van der Waals surface area contributed by atoms with E-state index in [1.54, 1.807) is 0 Å². The van der Waals surface area contributed by atoms with Gasteiger partial charge < -0.3 is 10.0 Å². The first kappa shape index (κ1) is 16.0. The molecule has 0 radical (unpaired) electrons. The zero-order valence-corrected chi connectivity index (χ0v) is 13.2. The molecule has 18 heavy (non-hydrogen) atoms. The van der Waals surface area contributed by atoms with E-state index in [-0.39, 0.29) is 6.10 Å². The maximum absolute atomic E-state index is 10.3. The first-order valence-electron chi connectivity index (χ1n) is 7.73. The topological polar surface area (TPSA) is 23.5 Å². The van der Waals surface area contributed by atoms with Gasteiger partial charge in [-0.15, -0.1) is 0 Å². The SMILES string of the molecule is CC(C)CN(CC1C(C)CC(C)CC1O)C(C)C. The molecule has 4 unspecified atom stereocenters. The minimum atomic E-state index is -0.0998. The molecule has 1 aliphatic rings. The highest BCUT2D eigenvalue weighted by Gasteiger charge is 2.34. The highest BCUT2D eigenvalue weighted by Crippen LogP contribution is 2.34. The number of aliphatic hydroxyl groups is 1. The summed E-state index contributed by atoms with van der Waals surface area (Å²) >= 11 is 0. The summed E-state index contributed by atoms with van der Waals surface area (Å²) in [5.74, 6) is 2.49. The lowest BCUT2D eigenvalue weighted by Crippen LogP contribution is -2.45. The van der Waals surface area contributed by atoms with Crippen molar-refractivity contribution in [1.29, 1.82) is 0 Å². The summed E-state index contributed by atoms with van der Waals surface area (Å²) in [5.41, 5.74) is 0. The van der Waals surface area contributed by atoms with Gasteiger partial charge in [-0.3, -0.25) is 0 Å². The summed E-state index contributed by atoms with van der Waals surface area (Å²) in [7, 11) is 0. The minimum absolute atomic E-state index is 0.0998. The number of hydrogen-bond acceptors (Lipinski definition) is 2. The van der Waals surface area contributed by atoms with Gasteiger partial charge in [-0.25, -0.2) is 0 Å². The van der Waals surface area contributed by atoms with Crippen LogP contribution in [0.15, 0.2) is 0 Å². The number of aliphatic hydroxyl groups excluding tert-OH is 1. The standard InChI is InChI=1S/C16H33NO/c1-11(2)9-17(12(3)4)10-15-14(6)7-13(5)8-16(15)18/h11-16,18H,7-10H2,1-6H3. The Morgan fingerprint density at radius 2 is 1.72 bits per heavy atom. The summed E-state index contributed by atoms with van der Waals surface area (Å²) in [6.45, 7) is 15.9. The molecule has 0 bridgehead atoms. The molecule has 2 heteroatoms. The summed E-state index contributed by atoms with van der Waals surface area (Å²) in [5, 5.41) is 10.3. The lowest BCUT2D eigenvalue weighted by atomic mass is 9.73. The molecule has 1 saturated carbocycles. The van der Waals surface area contributed by atoms with E-state index < -0.39 is 0 Å². The van der Waals surface area contributed by atoms with E-state index in [0.29, 0.717) is 29.7 Å². The third kappa shape index (κ3) is 4.55. The monoisotopic (exact) mass is 255 g/mol. The molecule has 1 fully saturated rings. The van der Waals surface area contributed by atoms with Gasteiger partial charge in [-0.2, -0.15) is 0 Å². The second-order valence-electron chi connectivity index (χ2n) is 7.23. The highest BCUT2D eigenvalue weighted by molar-refractivity contribution is 4.85. The van der Waals surface area contributed by atoms with Gasteiger partial charge in [0, 0.05) is 25.0 Å². The fraction of sp³-hybridized carbons (Fsp3) is 1.00. The van der Waals surface area contributed by atoms with Crippen LogP contribution in [0.1, 0.15) is 54.4 Å². The van der Waals surface area contributed by atoms with Gasteiger partial charge in [0.05, 0.1) is 6.10 Å². The molecule has 1 rings (SSSR count). The Morgan fingerprint density at radius 3 is 2.17 bits per heavy atom. The molecule has 0 amide bonds. The second kappa shape index (κ2) is 6.91. The first-order valence-corrected chi connectivity index (χ1v) is 7.73. The Hall–Kier alpha value is -0.0800. The van der Waals surface area contributed by atoms with Crippen LogP contribution in [0.3, 0.4) is 0 Å². The lowest BCUT2D eigenvalue weighted by molar-refractivity contribution is -0.00867. The molecule has 0 saturated heterocycles. The van der Waals surface area contributed by atoms with Crippen molar-refractivity contribution in [2.24, 2.45) is 23.7 Å². The average Bonchev–Trinajstić information content (AvgIpc) is 2.20. The van der Waals surface area contributed by atoms with Crippen molar-refractivity contribution in [3.05, 3.63) is 0 Å². The maximum atomic E-state index is 10.3. The van der Waals surface area contributed by atoms with E-state index in [4.69, 9.17) is 0 Å². The van der Waals surface area contributed by atoms with Crippen LogP contribution < -0.4 is 0 Å². The van der Waals surface area contributed by atoms with Crippen molar-refractivity contribution >= 4 is 0 Å². The molecule has 0 aromatic carbocycles. The van der Waals surface area contributed by atoms with Gasteiger partial charge in [0.2, 0.25) is 0 Å². The van der Waals surface area contributed by atoms with Crippen molar-refractivity contribution in [2.45, 2.75) is 66.5 Å². The minimum Gasteiger partial charge on any atom is -0.393 e. The van der Waals surface area contributed by atoms with Crippen molar-refractivity contribution in [2.75, 3.05) is 13.1 Å². The van der Waals surface area contributed by atoms with Gasteiger partial charge >= 0.3 is 0 Å². The number of hydrogen-bond donors (Lipinski definition) is 1. The van der Waals surface area contributed by atoms with Crippen molar-refractivity contribution in [3.8, 4) is 0 Å². The van der Waals surface area contributed by atoms with Crippen LogP contribution in [0.5, 0.6) is 0 Å². The Morgan fingerprint density at radius 1 is 1.11 bits per heavy atom. The molecule has 0 aromatic heterocycles. The Balaban J connectivity index is 2.61. The molecular formula is C16H33NO. The van der Waals surface area contributed by atoms with Crippen molar-refractivity contribution in [1.82, 2.24) is 4.90 Å². The third-order valence-electron chi connectivity index (χ3n) is 4.42. The zero-order valence-electron chi connectivity index (χ0n) is 13.2. The van der Waals surface area contributed by atoms with E-state index in [9.17, 15) is 5.11 Å². The fourth-order valence-corrected chi connectivity index (χ4v) is 3.41. The molecule has 0 spiro atoms. The maximum Gasteiger partial charge on any atom is 0.0585 e. The highest BCUT2D eigenvalue weighted by atomic mass is 16.3. The van der Waals surface area contributed by atoms with Crippen LogP contribution >= 0.6 is 0 Å². The molecule has 108 valence electrons. The molecule has 2 nitrogen and oxygen atoms in total. The van der Waals surface area contributed by atoms with Gasteiger partial charge in [0.25, 0.3) is 0 Å². The Labute approximate surface area is 114 Å². The Kier molecular flexibility index (Phi) is 6.13. The van der Waals surface area contributed by atoms with Crippen LogP contribution in [0.25, 0.3) is 0 Å². The summed E-state index contributed by atoms with van der Waals surface area (Å²) in [6, 6.07) is 0.575. The van der Waals surface area contributed by atoms with Crippen LogP contribution in [-0.4, -0.2) is 35.2 Å². The molecule has 0 aromatic rings. The Bertz CT molecular complexity index is 227. The number of nitrogens with zero attached hydrogens (tertiary/aromatic N) is 1. The van der Waals surface area contributed by atoms with Crippen molar-refractivity contribution < 1.29 is 5.11 Å². The summed E-state index contributed by atoms with van der Waals surface area (Å²) in [4.78, 5) is 2.55. The van der Waals surface area contributed by atoms with Gasteiger partial charge in [0.15, 0.2) is 0 Å². The lowest BCUT2D eigenvalue weighted by Gasteiger charge is -2.41. The molecule has 1 aliphatic carbocycles. The quantitative estimate of drug-likeness (QED) is 0.814. The largest absolute Gasteiger partial charge is 0.393 e. The van der Waals surface area contributed by atoms with E-state index in [1.165, 1.54) is 6.42 Å². The predicted octanol–water partition coefficient (Wildman–Crippen LogP) is 3.40. The fourth-order valence-electron chi connectivity index (χ4n) is 3.41. The summed E-state index contributed by atoms with van der Waals surface area (Å²) in [6.07, 6.45) is 2.16. The normalized spacial score (nSPS) is 33.7. The zero-order chi connectivity index (χ0) is 13.9. The van der Waals surface area contributed by atoms with Crippen LogP contribution in [0.2, 0.25) is 0 Å². The molecule has 0 aliphatic heterocycles. The van der Waals surface area contributed by atoms with E-state index in [2.05, 4.69) is 46.4 Å². The van der Waals surface area contributed by atoms with E-state index in [0.717, 1.165) is 19.5 Å². The average molecular weight is 255 g/mol. The van der Waals surface area contributed by atoms with E-state index >= 15 is 0 Å². The molecule has 4 atom stereocenters. The third-order valence-corrected chi connectivity index (χ3v) is 4.42. The smallest absolute Gasteiger partial charge is 0.0585 e. The van der Waals surface area contributed by atoms with E-state index in [1.807, 2.05) is 0 Å². The van der Waals surface area contributed by atoms with Crippen LogP contribution in [0.4, 0.5) is 0 Å². The first-order chi connectivity index (χ1) is 8.31. The van der Waals surface area contributed by atoms with Gasteiger partial charge in [-0.05, 0) is 44.4 Å². The van der Waals surface area contributed by atoms with Crippen molar-refractivity contribution in [3.63, 3.8) is 0 Å². The molecular weight excluding hydrogens is 222 g/mol. The second-order valence-corrected chi connectivity index (χ2v) is 7.23. The van der Waals surface area contributed by atoms with Gasteiger partial charge in [0.1, 0.15) is 0 Å². The predicted molar refractivity (Wildman–Crippen MR) is 78.6 cm³/mol. The number of rotatable bonds is 5. The summed E-state index contributed by atoms with van der Waals surface area (Å²) < 4.78 is 0. The molecule has 1 N–H and O–H groups in total. The molecule has 0 heterocycles.